The van der Waals surface area contributed by atoms with Crippen LogP contribution in [0.2, 0.25) is 0 Å². The van der Waals surface area contributed by atoms with Crippen molar-refractivity contribution in [2.24, 2.45) is 0 Å². The van der Waals surface area contributed by atoms with Gasteiger partial charge in [-0.1, -0.05) is 149 Å². The van der Waals surface area contributed by atoms with Crippen molar-refractivity contribution >= 4 is 11.4 Å². The summed E-state index contributed by atoms with van der Waals surface area (Å²) in [7, 11) is 0. The summed E-state index contributed by atoms with van der Waals surface area (Å²) in [6.45, 7) is 3.36. The highest BCUT2D eigenvalue weighted by Crippen LogP contribution is 2.53. The van der Waals surface area contributed by atoms with Crippen LogP contribution in [-0.4, -0.2) is 6.67 Å². The van der Waals surface area contributed by atoms with Gasteiger partial charge in [0, 0.05) is 11.4 Å². The monoisotopic (exact) mass is 636 g/mol. The summed E-state index contributed by atoms with van der Waals surface area (Å²) in [5.74, 6) is 2.05. The number of aryl methyl sites for hydroxylation is 1. The van der Waals surface area contributed by atoms with Gasteiger partial charge in [-0.15, -0.1) is 0 Å². The lowest BCUT2D eigenvalue weighted by Crippen LogP contribution is -2.29. The summed E-state index contributed by atoms with van der Waals surface area (Å²) in [5.41, 5.74) is 12.2. The summed E-state index contributed by atoms with van der Waals surface area (Å²) >= 11 is 0. The number of rotatable bonds is 7. The van der Waals surface area contributed by atoms with E-state index in [0.717, 1.165) is 12.6 Å². The molecule has 2 nitrogen and oxygen atoms in total. The van der Waals surface area contributed by atoms with Gasteiger partial charge in [-0.25, -0.2) is 0 Å². The number of hydrogen-bond acceptors (Lipinski definition) is 2. The van der Waals surface area contributed by atoms with Crippen LogP contribution in [0.4, 0.5) is 11.4 Å². The average Bonchev–Trinajstić information content (AvgIpc) is 3.56. The summed E-state index contributed by atoms with van der Waals surface area (Å²) in [6.07, 6.45) is 20.5. The molecule has 250 valence electrons. The van der Waals surface area contributed by atoms with Crippen molar-refractivity contribution in [2.45, 2.75) is 133 Å². The molecular weight excluding hydrogens is 581 g/mol. The van der Waals surface area contributed by atoms with E-state index < -0.39 is 0 Å². The van der Waals surface area contributed by atoms with E-state index in [4.69, 9.17) is 0 Å². The van der Waals surface area contributed by atoms with E-state index >= 15 is 0 Å². The van der Waals surface area contributed by atoms with Crippen LogP contribution in [0.1, 0.15) is 160 Å². The third-order valence-electron chi connectivity index (χ3n) is 12.6. The van der Waals surface area contributed by atoms with Crippen LogP contribution < -0.4 is 9.80 Å². The molecule has 4 aromatic rings. The van der Waals surface area contributed by atoms with Gasteiger partial charge < -0.3 is 9.80 Å². The quantitative estimate of drug-likeness (QED) is 0.199. The van der Waals surface area contributed by atoms with Crippen molar-refractivity contribution in [1.82, 2.24) is 0 Å². The van der Waals surface area contributed by atoms with Crippen LogP contribution in [-0.2, 0) is 0 Å². The second-order valence-electron chi connectivity index (χ2n) is 15.6. The van der Waals surface area contributed by atoms with Gasteiger partial charge in [0.25, 0.3) is 0 Å². The Morgan fingerprint density at radius 1 is 0.438 bits per heavy atom. The number of anilines is 2. The molecule has 0 N–H and O–H groups in total. The molecule has 4 aromatic carbocycles. The first-order valence-corrected chi connectivity index (χ1v) is 19.6. The third-order valence-corrected chi connectivity index (χ3v) is 12.6. The van der Waals surface area contributed by atoms with E-state index in [-0.39, 0.29) is 12.1 Å². The maximum atomic E-state index is 2.87. The molecule has 0 spiro atoms. The van der Waals surface area contributed by atoms with E-state index in [1.54, 1.807) is 16.7 Å². The maximum Gasteiger partial charge on any atom is 0.0917 e. The van der Waals surface area contributed by atoms with E-state index in [2.05, 4.69) is 114 Å². The molecule has 4 fully saturated rings. The molecule has 0 amide bonds. The van der Waals surface area contributed by atoms with Gasteiger partial charge in [0.2, 0.25) is 0 Å². The molecule has 2 heteroatoms. The van der Waals surface area contributed by atoms with Gasteiger partial charge in [-0.2, -0.15) is 0 Å². The van der Waals surface area contributed by atoms with Gasteiger partial charge in [-0.05, 0) is 103 Å². The molecule has 4 aliphatic rings. The lowest BCUT2D eigenvalue weighted by atomic mass is 9.78. The minimum Gasteiger partial charge on any atom is -0.344 e. The molecule has 0 unspecified atom stereocenters. The molecule has 1 saturated heterocycles. The molecular formula is C46H56N2. The zero-order chi connectivity index (χ0) is 32.3. The lowest BCUT2D eigenvalue weighted by molar-refractivity contribution is 0.435. The van der Waals surface area contributed by atoms with Crippen molar-refractivity contribution in [2.75, 3.05) is 16.5 Å². The Hall–Kier alpha value is -3.52. The van der Waals surface area contributed by atoms with Crippen LogP contribution in [0.15, 0.2) is 97.1 Å². The Morgan fingerprint density at radius 3 is 1.50 bits per heavy atom. The number of nitrogens with zero attached hydrogens (tertiary/aromatic N) is 2. The molecule has 2 atom stereocenters. The minimum absolute atomic E-state index is 0.217. The Balaban J connectivity index is 1.31. The summed E-state index contributed by atoms with van der Waals surface area (Å²) in [5, 5.41) is 0. The van der Waals surface area contributed by atoms with Gasteiger partial charge in [0.1, 0.15) is 0 Å². The summed E-state index contributed by atoms with van der Waals surface area (Å²) in [6, 6.07) is 38.3. The maximum absolute atomic E-state index is 2.87. The molecule has 3 aliphatic carbocycles. The first-order chi connectivity index (χ1) is 23.8. The number of para-hydroxylation sites is 1. The highest BCUT2D eigenvalue weighted by atomic mass is 15.4. The SMILES string of the molecule is Cc1cc(C2CCCCC2)cc(C2CCCCC2)c1N1CN(c2ccccc2C2CCCCC2)[C@@H](c2ccccc2)[C@@H]1c1ccccc1. The molecule has 0 aromatic heterocycles. The zero-order valence-corrected chi connectivity index (χ0v) is 29.3. The van der Waals surface area contributed by atoms with Crippen LogP contribution >= 0.6 is 0 Å². The van der Waals surface area contributed by atoms with Crippen LogP contribution in [0.5, 0.6) is 0 Å². The molecule has 48 heavy (non-hydrogen) atoms. The number of hydrogen-bond donors (Lipinski definition) is 0. The first kappa shape index (κ1) is 31.7. The van der Waals surface area contributed by atoms with Gasteiger partial charge in [0.05, 0.1) is 18.8 Å². The molecule has 8 rings (SSSR count). The fraction of sp³-hybridized carbons (Fsp3) is 0.478. The van der Waals surface area contributed by atoms with E-state index in [1.165, 1.54) is 124 Å². The fourth-order valence-electron chi connectivity index (χ4n) is 10.3. The van der Waals surface area contributed by atoms with E-state index in [9.17, 15) is 0 Å². The fourth-order valence-corrected chi connectivity index (χ4v) is 10.3. The van der Waals surface area contributed by atoms with E-state index in [1.807, 2.05) is 0 Å². The van der Waals surface area contributed by atoms with Crippen molar-refractivity contribution in [1.29, 1.82) is 0 Å². The Bertz CT molecular complexity index is 1630. The van der Waals surface area contributed by atoms with Gasteiger partial charge in [0.15, 0.2) is 0 Å². The van der Waals surface area contributed by atoms with Crippen molar-refractivity contribution < 1.29 is 0 Å². The van der Waals surface area contributed by atoms with Crippen LogP contribution in [0, 0.1) is 6.92 Å². The third kappa shape index (κ3) is 6.33. The lowest BCUT2D eigenvalue weighted by Gasteiger charge is -2.36. The standard InChI is InChI=1S/C46H56N2/c1-34-31-40(35-19-7-2-8-20-35)32-42(37-23-11-4-12-24-37)44(34)48-33-47(43-30-18-17-29-41(43)36-21-9-3-10-22-36)45(38-25-13-5-14-26-38)46(48)39-27-15-6-16-28-39/h5-6,13-18,25-32,35-37,45-46H,2-4,7-12,19-24,33H2,1H3/t45-,46-/m0/s1. The van der Waals surface area contributed by atoms with Crippen LogP contribution in [0.3, 0.4) is 0 Å². The predicted octanol–water partition coefficient (Wildman–Crippen LogP) is 12.9. The summed E-state index contributed by atoms with van der Waals surface area (Å²) < 4.78 is 0. The predicted molar refractivity (Wildman–Crippen MR) is 203 cm³/mol. The number of benzene rings is 4. The molecule has 1 aliphatic heterocycles. The van der Waals surface area contributed by atoms with Crippen LogP contribution in [0.25, 0.3) is 0 Å². The van der Waals surface area contributed by atoms with Crippen molar-refractivity contribution in [3.63, 3.8) is 0 Å². The highest BCUT2D eigenvalue weighted by Gasteiger charge is 2.44. The molecule has 1 heterocycles. The Labute approximate surface area is 290 Å². The first-order valence-electron chi connectivity index (χ1n) is 19.6. The molecule has 0 bridgehead atoms. The normalized spacial score (nSPS) is 23.1. The largest absolute Gasteiger partial charge is 0.344 e. The second kappa shape index (κ2) is 14.5. The minimum atomic E-state index is 0.217. The molecule has 0 radical (unpaired) electrons. The van der Waals surface area contributed by atoms with Crippen molar-refractivity contribution in [3.8, 4) is 0 Å². The zero-order valence-electron chi connectivity index (χ0n) is 29.3. The molecule has 3 saturated carbocycles. The average molecular weight is 637 g/mol. The Kier molecular flexibility index (Phi) is 9.61. The highest BCUT2D eigenvalue weighted by molar-refractivity contribution is 5.69. The van der Waals surface area contributed by atoms with Crippen molar-refractivity contribution in [3.05, 3.63) is 130 Å². The smallest absolute Gasteiger partial charge is 0.0917 e. The second-order valence-corrected chi connectivity index (χ2v) is 15.6. The van der Waals surface area contributed by atoms with Gasteiger partial charge >= 0.3 is 0 Å². The van der Waals surface area contributed by atoms with Gasteiger partial charge in [-0.3, -0.25) is 0 Å². The topological polar surface area (TPSA) is 6.48 Å². The Morgan fingerprint density at radius 2 is 0.917 bits per heavy atom. The summed E-state index contributed by atoms with van der Waals surface area (Å²) in [4.78, 5) is 5.69. The van der Waals surface area contributed by atoms with E-state index in [0.29, 0.717) is 11.8 Å².